The van der Waals surface area contributed by atoms with E-state index in [2.05, 4.69) is 30.8 Å². The quantitative estimate of drug-likeness (QED) is 0.704. The van der Waals surface area contributed by atoms with Crippen molar-refractivity contribution in [2.24, 2.45) is 0 Å². The lowest BCUT2D eigenvalue weighted by molar-refractivity contribution is 0.409. The molecule has 0 atom stereocenters. The van der Waals surface area contributed by atoms with Crippen LogP contribution in [0.3, 0.4) is 0 Å². The third kappa shape index (κ3) is 3.11. The van der Waals surface area contributed by atoms with E-state index in [0.29, 0.717) is 23.0 Å². The van der Waals surface area contributed by atoms with Crippen molar-refractivity contribution in [2.75, 3.05) is 36.0 Å². The number of rotatable bonds is 3. The highest BCUT2D eigenvalue weighted by molar-refractivity contribution is 5.74. The zero-order chi connectivity index (χ0) is 18.4. The number of halogens is 1. The third-order valence-corrected chi connectivity index (χ3v) is 5.58. The van der Waals surface area contributed by atoms with E-state index in [4.69, 9.17) is 4.42 Å². The molecule has 3 aromatic rings. The molecule has 5 rings (SSSR count). The molecule has 7 heteroatoms. The first kappa shape index (κ1) is 16.5. The van der Waals surface area contributed by atoms with E-state index in [9.17, 15) is 4.39 Å². The average molecular weight is 367 g/mol. The molecule has 1 saturated carbocycles. The molecule has 1 aromatic carbocycles. The van der Waals surface area contributed by atoms with E-state index >= 15 is 0 Å². The number of aromatic nitrogens is 3. The van der Waals surface area contributed by atoms with Gasteiger partial charge in [0.15, 0.2) is 5.58 Å². The number of benzene rings is 1. The molecule has 3 heterocycles. The lowest BCUT2D eigenvalue weighted by Crippen LogP contribution is -2.47. The molecule has 2 aromatic heterocycles. The first-order chi connectivity index (χ1) is 13.2. The number of hydrogen-bond acceptors (Lipinski definition) is 6. The van der Waals surface area contributed by atoms with Gasteiger partial charge in [-0.25, -0.2) is 14.4 Å². The Hall–Kier alpha value is -2.70. The van der Waals surface area contributed by atoms with Gasteiger partial charge in [-0.05, 0) is 31.9 Å². The minimum Gasteiger partial charge on any atom is -0.423 e. The van der Waals surface area contributed by atoms with Gasteiger partial charge >= 0.3 is 0 Å². The predicted molar refractivity (Wildman–Crippen MR) is 102 cm³/mol. The standard InChI is InChI=1S/C20H22FN5O/c1-13-22-17(14-3-2-4-14)12-19(23-13)25-7-9-26(10-8-25)20-24-16-6-5-15(21)11-18(16)27-20/h5-6,11-12,14H,2-4,7-10H2,1H3. The SMILES string of the molecule is Cc1nc(C2CCC2)cc(N2CCN(c3nc4ccc(F)cc4o3)CC2)n1. The highest BCUT2D eigenvalue weighted by Gasteiger charge is 2.25. The normalized spacial score (nSPS) is 18.1. The fourth-order valence-corrected chi connectivity index (χ4v) is 3.80. The minimum absolute atomic E-state index is 0.309. The molecular formula is C20H22FN5O. The van der Waals surface area contributed by atoms with Crippen molar-refractivity contribution in [3.05, 3.63) is 41.6 Å². The fourth-order valence-electron chi connectivity index (χ4n) is 3.80. The topological polar surface area (TPSA) is 58.3 Å². The summed E-state index contributed by atoms with van der Waals surface area (Å²) in [7, 11) is 0. The molecule has 1 aliphatic carbocycles. The molecule has 6 nitrogen and oxygen atoms in total. The Kier molecular flexibility index (Phi) is 3.95. The number of hydrogen-bond donors (Lipinski definition) is 0. The third-order valence-electron chi connectivity index (χ3n) is 5.58. The summed E-state index contributed by atoms with van der Waals surface area (Å²) < 4.78 is 19.1. The molecule has 140 valence electrons. The Morgan fingerprint density at radius 1 is 1.00 bits per heavy atom. The van der Waals surface area contributed by atoms with Crippen molar-refractivity contribution < 1.29 is 8.81 Å². The van der Waals surface area contributed by atoms with Crippen LogP contribution < -0.4 is 9.80 Å². The molecule has 0 N–H and O–H groups in total. The molecule has 0 radical (unpaired) electrons. The van der Waals surface area contributed by atoms with Crippen molar-refractivity contribution in [3.8, 4) is 0 Å². The van der Waals surface area contributed by atoms with E-state index in [1.165, 1.54) is 37.1 Å². The first-order valence-corrected chi connectivity index (χ1v) is 9.57. The smallest absolute Gasteiger partial charge is 0.298 e. The van der Waals surface area contributed by atoms with Crippen molar-refractivity contribution in [1.29, 1.82) is 0 Å². The van der Waals surface area contributed by atoms with Gasteiger partial charge in [-0.3, -0.25) is 0 Å². The lowest BCUT2D eigenvalue weighted by atomic mass is 9.83. The Labute approximate surface area is 157 Å². The number of anilines is 2. The largest absolute Gasteiger partial charge is 0.423 e. The van der Waals surface area contributed by atoms with Gasteiger partial charge in [-0.2, -0.15) is 4.98 Å². The van der Waals surface area contributed by atoms with Crippen LogP contribution in [0.25, 0.3) is 11.1 Å². The summed E-state index contributed by atoms with van der Waals surface area (Å²) in [6.07, 6.45) is 3.78. The van der Waals surface area contributed by atoms with Gasteiger partial charge in [0.05, 0.1) is 0 Å². The number of nitrogens with zero attached hydrogens (tertiary/aromatic N) is 5. The number of piperazine rings is 1. The van der Waals surface area contributed by atoms with Crippen LogP contribution >= 0.6 is 0 Å². The Morgan fingerprint density at radius 2 is 1.78 bits per heavy atom. The first-order valence-electron chi connectivity index (χ1n) is 9.57. The van der Waals surface area contributed by atoms with Gasteiger partial charge in [-0.15, -0.1) is 0 Å². The summed E-state index contributed by atoms with van der Waals surface area (Å²) in [5.41, 5.74) is 2.36. The number of fused-ring (bicyclic) bond motifs is 1. The molecular weight excluding hydrogens is 345 g/mol. The van der Waals surface area contributed by atoms with Crippen LogP contribution in [0, 0.1) is 12.7 Å². The maximum atomic E-state index is 13.4. The second-order valence-corrected chi connectivity index (χ2v) is 7.41. The molecule has 1 aliphatic heterocycles. The fraction of sp³-hybridized carbons (Fsp3) is 0.450. The van der Waals surface area contributed by atoms with Crippen LogP contribution in [-0.4, -0.2) is 41.1 Å². The van der Waals surface area contributed by atoms with E-state index in [1.54, 1.807) is 6.07 Å². The zero-order valence-electron chi connectivity index (χ0n) is 15.4. The maximum Gasteiger partial charge on any atom is 0.298 e. The van der Waals surface area contributed by atoms with Gasteiger partial charge in [0, 0.05) is 49.9 Å². The second kappa shape index (κ2) is 6.48. The van der Waals surface area contributed by atoms with Crippen molar-refractivity contribution >= 4 is 22.9 Å². The molecule has 2 fully saturated rings. The zero-order valence-corrected chi connectivity index (χ0v) is 15.4. The van der Waals surface area contributed by atoms with Crippen molar-refractivity contribution in [1.82, 2.24) is 15.0 Å². The minimum atomic E-state index is -0.309. The van der Waals surface area contributed by atoms with Crippen LogP contribution in [0.5, 0.6) is 0 Å². The molecule has 0 unspecified atom stereocenters. The van der Waals surface area contributed by atoms with Crippen LogP contribution in [0.2, 0.25) is 0 Å². The van der Waals surface area contributed by atoms with Crippen LogP contribution in [0.4, 0.5) is 16.2 Å². The number of aryl methyl sites for hydroxylation is 1. The van der Waals surface area contributed by atoms with Crippen LogP contribution in [-0.2, 0) is 0 Å². The molecule has 0 amide bonds. The van der Waals surface area contributed by atoms with Gasteiger partial charge in [-0.1, -0.05) is 6.42 Å². The van der Waals surface area contributed by atoms with Gasteiger partial charge < -0.3 is 14.2 Å². The van der Waals surface area contributed by atoms with Crippen molar-refractivity contribution in [2.45, 2.75) is 32.1 Å². The van der Waals surface area contributed by atoms with Gasteiger partial charge in [0.1, 0.15) is 23.0 Å². The summed E-state index contributed by atoms with van der Waals surface area (Å²) in [4.78, 5) is 18.2. The summed E-state index contributed by atoms with van der Waals surface area (Å²) in [6.45, 7) is 5.23. The van der Waals surface area contributed by atoms with Crippen LogP contribution in [0.15, 0.2) is 28.7 Å². The van der Waals surface area contributed by atoms with Crippen molar-refractivity contribution in [3.63, 3.8) is 0 Å². The summed E-state index contributed by atoms with van der Waals surface area (Å²) in [6, 6.07) is 7.16. The number of oxazole rings is 1. The van der Waals surface area contributed by atoms with Crippen LogP contribution in [0.1, 0.15) is 36.7 Å². The Bertz CT molecular complexity index is 976. The molecule has 1 saturated heterocycles. The highest BCUT2D eigenvalue weighted by atomic mass is 19.1. The Morgan fingerprint density at radius 3 is 2.52 bits per heavy atom. The van der Waals surface area contributed by atoms with Gasteiger partial charge in [0.25, 0.3) is 6.01 Å². The van der Waals surface area contributed by atoms with E-state index in [-0.39, 0.29) is 5.82 Å². The second-order valence-electron chi connectivity index (χ2n) is 7.41. The van der Waals surface area contributed by atoms with E-state index in [1.807, 2.05) is 6.92 Å². The molecule has 27 heavy (non-hydrogen) atoms. The van der Waals surface area contributed by atoms with E-state index < -0.39 is 0 Å². The average Bonchev–Trinajstić information content (AvgIpc) is 3.03. The molecule has 2 aliphatic rings. The maximum absolute atomic E-state index is 13.4. The van der Waals surface area contributed by atoms with E-state index in [0.717, 1.165) is 37.8 Å². The predicted octanol–water partition coefficient (Wildman–Crippen LogP) is 3.66. The summed E-state index contributed by atoms with van der Waals surface area (Å²) in [5, 5.41) is 0. The van der Waals surface area contributed by atoms with Gasteiger partial charge in [0.2, 0.25) is 0 Å². The molecule has 0 bridgehead atoms. The summed E-state index contributed by atoms with van der Waals surface area (Å²) >= 11 is 0. The molecule has 0 spiro atoms. The Balaban J connectivity index is 1.31. The summed E-state index contributed by atoms with van der Waals surface area (Å²) in [5.74, 6) is 2.16. The lowest BCUT2D eigenvalue weighted by Gasteiger charge is -2.35. The monoisotopic (exact) mass is 367 g/mol. The highest BCUT2D eigenvalue weighted by Crippen LogP contribution is 2.36.